The topological polar surface area (TPSA) is 106 Å². The summed E-state index contributed by atoms with van der Waals surface area (Å²) < 4.78 is 0. The Morgan fingerprint density at radius 2 is 1.79 bits per heavy atom. The molecule has 0 unspecified atom stereocenters. The molecule has 1 amide bonds. The number of carbonyl (C=O) groups is 1. The van der Waals surface area contributed by atoms with Crippen LogP contribution in [0, 0.1) is 11.3 Å². The van der Waals surface area contributed by atoms with Crippen molar-refractivity contribution in [2.75, 3.05) is 11.9 Å². The number of pyridine rings is 1. The molecule has 3 N–H and O–H groups in total. The number of rotatable bonds is 8. The van der Waals surface area contributed by atoms with Crippen LogP contribution in [0.5, 0.6) is 0 Å². The Hall–Kier alpha value is -4.28. The van der Waals surface area contributed by atoms with Crippen LogP contribution >= 0.6 is 0 Å². The predicted octanol–water partition coefficient (Wildman–Crippen LogP) is 4.42. The van der Waals surface area contributed by atoms with Crippen molar-refractivity contribution in [3.63, 3.8) is 0 Å². The lowest BCUT2D eigenvalue weighted by molar-refractivity contribution is -0.118. The summed E-state index contributed by atoms with van der Waals surface area (Å²) in [6.45, 7) is 2.68. The number of nitrogens with one attached hydrogen (secondary N) is 3. The minimum Gasteiger partial charge on any atom is -0.309 e. The van der Waals surface area contributed by atoms with Crippen LogP contribution in [0.15, 0.2) is 85.3 Å². The van der Waals surface area contributed by atoms with Gasteiger partial charge in [-0.15, -0.1) is 0 Å². The van der Waals surface area contributed by atoms with Crippen LogP contribution in [-0.2, 0) is 4.79 Å². The molecule has 0 bridgehead atoms. The number of anilines is 1. The minimum atomic E-state index is -0.539. The van der Waals surface area contributed by atoms with E-state index < -0.39 is 6.04 Å². The normalized spacial score (nSPS) is 12.5. The first-order valence-corrected chi connectivity index (χ1v) is 10.7. The lowest BCUT2D eigenvalue weighted by Crippen LogP contribution is -2.35. The fourth-order valence-corrected chi connectivity index (χ4v) is 3.55. The van der Waals surface area contributed by atoms with Gasteiger partial charge >= 0.3 is 0 Å². The Morgan fingerprint density at radius 1 is 1.00 bits per heavy atom. The molecule has 2 atom stereocenters. The fourth-order valence-electron chi connectivity index (χ4n) is 3.55. The van der Waals surface area contributed by atoms with Gasteiger partial charge in [-0.1, -0.05) is 49.4 Å². The van der Waals surface area contributed by atoms with Crippen molar-refractivity contribution in [1.82, 2.24) is 20.5 Å². The van der Waals surface area contributed by atoms with Crippen molar-refractivity contribution in [2.45, 2.75) is 18.9 Å². The molecule has 33 heavy (non-hydrogen) atoms. The highest BCUT2D eigenvalue weighted by Gasteiger charge is 2.21. The highest BCUT2D eigenvalue weighted by Crippen LogP contribution is 2.21. The maximum atomic E-state index is 13.2. The van der Waals surface area contributed by atoms with E-state index >= 15 is 0 Å². The molecule has 0 saturated carbocycles. The van der Waals surface area contributed by atoms with Gasteiger partial charge in [0, 0.05) is 30.1 Å². The van der Waals surface area contributed by atoms with Crippen molar-refractivity contribution < 1.29 is 4.79 Å². The van der Waals surface area contributed by atoms with Crippen molar-refractivity contribution >= 4 is 11.7 Å². The number of H-pyrrole nitrogens is 1. The summed E-state index contributed by atoms with van der Waals surface area (Å²) in [5.41, 5.74) is 4.45. The minimum absolute atomic E-state index is 0.157. The van der Waals surface area contributed by atoms with Crippen LogP contribution in [0.4, 0.5) is 5.82 Å². The van der Waals surface area contributed by atoms with E-state index in [1.807, 2.05) is 60.7 Å². The van der Waals surface area contributed by atoms with Gasteiger partial charge in [0.15, 0.2) is 0 Å². The van der Waals surface area contributed by atoms with E-state index in [1.54, 1.807) is 24.7 Å². The number of nitrogens with zero attached hydrogens (tertiary/aromatic N) is 3. The average molecular weight is 437 g/mol. The van der Waals surface area contributed by atoms with Gasteiger partial charge in [0.05, 0.1) is 17.8 Å². The molecule has 0 aliphatic heterocycles. The molecule has 4 rings (SSSR count). The smallest absolute Gasteiger partial charge is 0.247 e. The van der Waals surface area contributed by atoms with Crippen molar-refractivity contribution in [2.24, 2.45) is 0 Å². The summed E-state index contributed by atoms with van der Waals surface area (Å²) in [7, 11) is 0. The van der Waals surface area contributed by atoms with E-state index in [2.05, 4.69) is 38.8 Å². The number of nitriles is 1. The van der Waals surface area contributed by atoms with Crippen LogP contribution in [0.3, 0.4) is 0 Å². The monoisotopic (exact) mass is 436 g/mol. The summed E-state index contributed by atoms with van der Waals surface area (Å²) in [6.07, 6.45) is 5.22. The maximum Gasteiger partial charge on any atom is 0.247 e. The molecule has 2 aromatic heterocycles. The first-order chi connectivity index (χ1) is 16.1. The Morgan fingerprint density at radius 3 is 2.42 bits per heavy atom. The zero-order valence-electron chi connectivity index (χ0n) is 18.2. The summed E-state index contributed by atoms with van der Waals surface area (Å²) in [5.74, 6) is 0.455. The van der Waals surface area contributed by atoms with Gasteiger partial charge in [0.25, 0.3) is 0 Å². The molecule has 0 aliphatic carbocycles. The van der Waals surface area contributed by atoms with Gasteiger partial charge in [-0.25, -0.2) is 4.98 Å². The number of aromatic nitrogens is 3. The van der Waals surface area contributed by atoms with Gasteiger partial charge in [-0.2, -0.15) is 10.4 Å². The van der Waals surface area contributed by atoms with Gasteiger partial charge in [-0.3, -0.25) is 9.89 Å². The van der Waals surface area contributed by atoms with Crippen LogP contribution < -0.4 is 10.6 Å². The van der Waals surface area contributed by atoms with Gasteiger partial charge in [-0.05, 0) is 41.3 Å². The third kappa shape index (κ3) is 5.50. The van der Waals surface area contributed by atoms with Gasteiger partial charge in [0.1, 0.15) is 11.9 Å². The maximum absolute atomic E-state index is 13.2. The quantitative estimate of drug-likeness (QED) is 0.379. The summed E-state index contributed by atoms with van der Waals surface area (Å²) in [6, 6.07) is 22.4. The average Bonchev–Trinajstić information content (AvgIpc) is 3.40. The van der Waals surface area contributed by atoms with E-state index in [1.165, 1.54) is 0 Å². The molecule has 4 aromatic rings. The molecular formula is C26H24N6O. The fraction of sp³-hybridized carbons (Fsp3) is 0.154. The number of hydrogen-bond acceptors (Lipinski definition) is 5. The van der Waals surface area contributed by atoms with E-state index in [9.17, 15) is 4.79 Å². The lowest BCUT2D eigenvalue weighted by Gasteiger charge is -2.21. The Labute approximate surface area is 192 Å². The Bertz CT molecular complexity index is 1210. The molecule has 0 radical (unpaired) electrons. The van der Waals surface area contributed by atoms with Crippen LogP contribution in [0.2, 0.25) is 0 Å². The highest BCUT2D eigenvalue weighted by molar-refractivity contribution is 5.95. The number of benzene rings is 2. The van der Waals surface area contributed by atoms with Crippen molar-refractivity contribution in [3.05, 3.63) is 102 Å². The Balaban J connectivity index is 1.46. The zero-order chi connectivity index (χ0) is 23.0. The molecule has 2 aromatic carbocycles. The second-order valence-corrected chi connectivity index (χ2v) is 7.80. The number of hydrogen-bond donors (Lipinski definition) is 3. The molecule has 164 valence electrons. The second-order valence-electron chi connectivity index (χ2n) is 7.80. The summed E-state index contributed by atoms with van der Waals surface area (Å²) >= 11 is 0. The summed E-state index contributed by atoms with van der Waals surface area (Å²) in [5, 5.41) is 22.0. The van der Waals surface area contributed by atoms with Crippen molar-refractivity contribution in [3.8, 4) is 17.2 Å². The molecule has 0 fully saturated rings. The molecule has 0 aliphatic rings. The number of carbonyl (C=O) groups excluding carboxylic acids is 1. The van der Waals surface area contributed by atoms with Crippen LogP contribution in [0.25, 0.3) is 11.1 Å². The van der Waals surface area contributed by atoms with Crippen LogP contribution in [-0.4, -0.2) is 27.6 Å². The van der Waals surface area contributed by atoms with E-state index in [4.69, 9.17) is 5.26 Å². The van der Waals surface area contributed by atoms with E-state index in [0.29, 0.717) is 17.9 Å². The largest absolute Gasteiger partial charge is 0.309 e. The SMILES string of the molecule is C[C@H](CN[C@@H](C(=O)Nc1ccc(-c2cn[nH]c2)cn1)c1ccccc1)c1ccc(C#N)cc1. The first-order valence-electron chi connectivity index (χ1n) is 10.7. The van der Waals surface area contributed by atoms with E-state index in [0.717, 1.165) is 22.3 Å². The summed E-state index contributed by atoms with van der Waals surface area (Å²) in [4.78, 5) is 17.6. The molecular weight excluding hydrogens is 412 g/mol. The van der Waals surface area contributed by atoms with E-state index in [-0.39, 0.29) is 11.8 Å². The molecule has 2 heterocycles. The highest BCUT2D eigenvalue weighted by atomic mass is 16.2. The Kier molecular flexibility index (Phi) is 6.88. The molecule has 7 nitrogen and oxygen atoms in total. The molecule has 0 saturated heterocycles. The number of aromatic amines is 1. The van der Waals surface area contributed by atoms with Gasteiger partial charge < -0.3 is 10.6 Å². The third-order valence-electron chi connectivity index (χ3n) is 5.48. The van der Waals surface area contributed by atoms with Crippen LogP contribution in [0.1, 0.15) is 35.6 Å². The molecule has 7 heteroatoms. The van der Waals surface area contributed by atoms with Crippen molar-refractivity contribution in [1.29, 1.82) is 5.26 Å². The second kappa shape index (κ2) is 10.4. The third-order valence-corrected chi connectivity index (χ3v) is 5.48. The predicted molar refractivity (Wildman–Crippen MR) is 127 cm³/mol. The first kappa shape index (κ1) is 21.9. The lowest BCUT2D eigenvalue weighted by atomic mass is 9.98. The number of amides is 1. The molecule has 0 spiro atoms. The van der Waals surface area contributed by atoms with Gasteiger partial charge in [0.2, 0.25) is 5.91 Å². The zero-order valence-corrected chi connectivity index (χ0v) is 18.2. The standard InChI is InChI=1S/C26H24N6O/c1-18(20-9-7-19(13-27)8-10-20)14-29-25(21-5-3-2-4-6-21)26(33)32-24-12-11-22(15-28-24)23-16-30-31-17-23/h2-12,15-18,25,29H,14H2,1H3,(H,30,31)(H,28,32,33)/t18-,25-/m1/s1.